The summed E-state index contributed by atoms with van der Waals surface area (Å²) in [4.78, 5) is 0. The van der Waals surface area contributed by atoms with Crippen LogP contribution in [0.15, 0.2) is 28.7 Å². The fraction of sp³-hybridized carbons (Fsp3) is 0.500. The maximum absolute atomic E-state index is 3.53. The molecule has 1 heterocycles. The second-order valence-electron chi connectivity index (χ2n) is 4.14. The highest BCUT2D eigenvalue weighted by Gasteiger charge is 2.18. The molecule has 1 N–H and O–H groups in total. The van der Waals surface area contributed by atoms with E-state index in [1.54, 1.807) is 0 Å². The van der Waals surface area contributed by atoms with Crippen LogP contribution in [0.4, 0.5) is 0 Å². The Balaban J connectivity index is 2.05. The fourth-order valence-corrected chi connectivity index (χ4v) is 2.28. The zero-order chi connectivity index (χ0) is 9.97. The summed E-state index contributed by atoms with van der Waals surface area (Å²) in [5, 5.41) is 3.53. The topological polar surface area (TPSA) is 12.0 Å². The quantitative estimate of drug-likeness (QED) is 0.810. The lowest BCUT2D eigenvalue weighted by Crippen LogP contribution is -2.35. The maximum Gasteiger partial charge on any atom is 0.0175 e. The van der Waals surface area contributed by atoms with Crippen LogP contribution >= 0.6 is 15.9 Å². The Morgan fingerprint density at radius 2 is 1.93 bits per heavy atom. The highest BCUT2D eigenvalue weighted by atomic mass is 79.9. The first-order valence-electron chi connectivity index (χ1n) is 5.24. The zero-order valence-corrected chi connectivity index (χ0v) is 10.0. The molecule has 0 aromatic heterocycles. The summed E-state index contributed by atoms with van der Waals surface area (Å²) in [6, 6.07) is 9.42. The van der Waals surface area contributed by atoms with Crippen molar-refractivity contribution in [3.8, 4) is 0 Å². The van der Waals surface area contributed by atoms with E-state index in [4.69, 9.17) is 0 Å². The minimum atomic E-state index is 0.696. The lowest BCUT2D eigenvalue weighted by atomic mass is 9.89. The minimum absolute atomic E-state index is 0.696. The van der Waals surface area contributed by atoms with Crippen LogP contribution in [0.5, 0.6) is 0 Å². The number of hydrogen-bond acceptors (Lipinski definition) is 1. The molecule has 1 saturated heterocycles. The molecule has 1 aromatic carbocycles. The van der Waals surface area contributed by atoms with E-state index < -0.39 is 0 Å². The van der Waals surface area contributed by atoms with Gasteiger partial charge in [0.25, 0.3) is 0 Å². The van der Waals surface area contributed by atoms with Crippen molar-refractivity contribution >= 4 is 15.9 Å². The average Bonchev–Trinajstić information content (AvgIpc) is 2.21. The van der Waals surface area contributed by atoms with Crippen molar-refractivity contribution in [2.45, 2.75) is 31.7 Å². The molecule has 2 heteroatoms. The van der Waals surface area contributed by atoms with Crippen LogP contribution in [0.3, 0.4) is 0 Å². The maximum atomic E-state index is 3.53. The Labute approximate surface area is 94.0 Å². The van der Waals surface area contributed by atoms with E-state index in [9.17, 15) is 0 Å². The van der Waals surface area contributed by atoms with Crippen molar-refractivity contribution in [3.05, 3.63) is 34.3 Å². The molecule has 0 amide bonds. The predicted octanol–water partition coefficient (Wildman–Crippen LogP) is 3.30. The van der Waals surface area contributed by atoms with Crippen molar-refractivity contribution in [1.29, 1.82) is 0 Å². The van der Waals surface area contributed by atoms with Crippen molar-refractivity contribution in [1.82, 2.24) is 5.32 Å². The van der Waals surface area contributed by atoms with Gasteiger partial charge in [-0.1, -0.05) is 28.1 Å². The third-order valence-corrected chi connectivity index (χ3v) is 3.53. The van der Waals surface area contributed by atoms with Crippen LogP contribution in [-0.2, 0) is 0 Å². The van der Waals surface area contributed by atoms with Gasteiger partial charge in [-0.15, -0.1) is 0 Å². The number of nitrogens with one attached hydrogen (secondary N) is 1. The van der Waals surface area contributed by atoms with E-state index in [-0.39, 0.29) is 0 Å². The summed E-state index contributed by atoms with van der Waals surface area (Å²) in [5.74, 6) is 0.708. The molecule has 0 aliphatic carbocycles. The number of rotatable bonds is 1. The van der Waals surface area contributed by atoms with Gasteiger partial charge >= 0.3 is 0 Å². The van der Waals surface area contributed by atoms with Gasteiger partial charge in [0.2, 0.25) is 0 Å². The van der Waals surface area contributed by atoms with Gasteiger partial charge in [0.05, 0.1) is 0 Å². The van der Waals surface area contributed by atoms with Gasteiger partial charge in [-0.3, -0.25) is 0 Å². The molecule has 1 aliphatic heterocycles. The van der Waals surface area contributed by atoms with Crippen LogP contribution in [0.25, 0.3) is 0 Å². The third-order valence-electron chi connectivity index (χ3n) is 3.00. The van der Waals surface area contributed by atoms with E-state index in [1.807, 2.05) is 0 Å². The monoisotopic (exact) mass is 253 g/mol. The van der Waals surface area contributed by atoms with Gasteiger partial charge in [-0.2, -0.15) is 0 Å². The Morgan fingerprint density at radius 1 is 1.21 bits per heavy atom. The lowest BCUT2D eigenvalue weighted by molar-refractivity contribution is 0.385. The van der Waals surface area contributed by atoms with Crippen molar-refractivity contribution in [2.24, 2.45) is 0 Å². The van der Waals surface area contributed by atoms with E-state index in [0.29, 0.717) is 12.0 Å². The standard InChI is InChI=1S/C12H16BrN/c1-9-2-3-11(8-14-9)10-4-6-12(13)7-5-10/h4-7,9,11,14H,2-3,8H2,1H3. The van der Waals surface area contributed by atoms with E-state index in [0.717, 1.165) is 6.54 Å². The predicted molar refractivity (Wildman–Crippen MR) is 63.6 cm³/mol. The number of hydrogen-bond donors (Lipinski definition) is 1. The highest BCUT2D eigenvalue weighted by molar-refractivity contribution is 9.10. The van der Waals surface area contributed by atoms with Gasteiger partial charge in [-0.05, 0) is 43.4 Å². The largest absolute Gasteiger partial charge is 0.314 e. The molecule has 2 rings (SSSR count). The van der Waals surface area contributed by atoms with Gasteiger partial charge in [0, 0.05) is 17.1 Å². The average molecular weight is 254 g/mol. The van der Waals surface area contributed by atoms with Crippen LogP contribution < -0.4 is 5.32 Å². The highest BCUT2D eigenvalue weighted by Crippen LogP contribution is 2.26. The first-order chi connectivity index (χ1) is 6.75. The number of halogens is 1. The summed E-state index contributed by atoms with van der Waals surface area (Å²) >= 11 is 3.46. The summed E-state index contributed by atoms with van der Waals surface area (Å²) in [6.45, 7) is 3.39. The molecular formula is C12H16BrN. The lowest BCUT2D eigenvalue weighted by Gasteiger charge is -2.27. The van der Waals surface area contributed by atoms with E-state index in [1.165, 1.54) is 22.9 Å². The first-order valence-corrected chi connectivity index (χ1v) is 6.04. The van der Waals surface area contributed by atoms with E-state index in [2.05, 4.69) is 52.4 Å². The summed E-state index contributed by atoms with van der Waals surface area (Å²) in [6.07, 6.45) is 2.61. The van der Waals surface area contributed by atoms with Gasteiger partial charge < -0.3 is 5.32 Å². The number of benzene rings is 1. The second kappa shape index (κ2) is 4.45. The molecule has 2 atom stereocenters. The number of piperidine rings is 1. The molecule has 14 heavy (non-hydrogen) atoms. The van der Waals surface area contributed by atoms with Gasteiger partial charge in [0.1, 0.15) is 0 Å². The normalized spacial score (nSPS) is 27.6. The first kappa shape index (κ1) is 10.2. The molecule has 0 bridgehead atoms. The molecule has 1 nitrogen and oxygen atoms in total. The molecule has 0 radical (unpaired) electrons. The molecule has 0 spiro atoms. The second-order valence-corrected chi connectivity index (χ2v) is 5.05. The van der Waals surface area contributed by atoms with Crippen LogP contribution in [0, 0.1) is 0 Å². The van der Waals surface area contributed by atoms with Gasteiger partial charge in [0.15, 0.2) is 0 Å². The smallest absolute Gasteiger partial charge is 0.0175 e. The van der Waals surface area contributed by atoms with Crippen molar-refractivity contribution < 1.29 is 0 Å². The van der Waals surface area contributed by atoms with Crippen molar-refractivity contribution in [3.63, 3.8) is 0 Å². The molecular weight excluding hydrogens is 238 g/mol. The SMILES string of the molecule is CC1CCC(c2ccc(Br)cc2)CN1. The molecule has 76 valence electrons. The molecule has 1 aromatic rings. The fourth-order valence-electron chi connectivity index (χ4n) is 2.02. The minimum Gasteiger partial charge on any atom is -0.314 e. The molecule has 1 fully saturated rings. The zero-order valence-electron chi connectivity index (χ0n) is 8.46. The van der Waals surface area contributed by atoms with Gasteiger partial charge in [-0.25, -0.2) is 0 Å². The molecule has 1 aliphatic rings. The third kappa shape index (κ3) is 2.37. The Morgan fingerprint density at radius 3 is 2.50 bits per heavy atom. The summed E-state index contributed by atoms with van der Waals surface area (Å²) < 4.78 is 1.17. The Bertz CT molecular complexity index is 286. The summed E-state index contributed by atoms with van der Waals surface area (Å²) in [5.41, 5.74) is 1.47. The molecule has 2 unspecified atom stereocenters. The van der Waals surface area contributed by atoms with Crippen LogP contribution in [0.1, 0.15) is 31.2 Å². The van der Waals surface area contributed by atoms with Crippen LogP contribution in [0.2, 0.25) is 0 Å². The molecule has 0 saturated carbocycles. The van der Waals surface area contributed by atoms with Crippen LogP contribution in [-0.4, -0.2) is 12.6 Å². The summed E-state index contributed by atoms with van der Waals surface area (Å²) in [7, 11) is 0. The Hall–Kier alpha value is -0.340. The van der Waals surface area contributed by atoms with Crippen molar-refractivity contribution in [2.75, 3.05) is 6.54 Å². The Kier molecular flexibility index (Phi) is 3.24. The van der Waals surface area contributed by atoms with E-state index >= 15 is 0 Å².